The van der Waals surface area contributed by atoms with Crippen LogP contribution in [0.5, 0.6) is 5.75 Å². The van der Waals surface area contributed by atoms with E-state index in [1.165, 1.54) is 12.1 Å². The minimum Gasteiger partial charge on any atom is -0.536 e. The summed E-state index contributed by atoms with van der Waals surface area (Å²) in [5.41, 5.74) is -0.588. The summed E-state index contributed by atoms with van der Waals surface area (Å²) in [6, 6.07) is 6.08. The van der Waals surface area contributed by atoms with Gasteiger partial charge in [0.1, 0.15) is 10.6 Å². The molecule has 0 aromatic heterocycles. The Balaban J connectivity index is 3.15. The van der Waals surface area contributed by atoms with E-state index in [-0.39, 0.29) is 10.6 Å². The van der Waals surface area contributed by atoms with E-state index in [4.69, 9.17) is 9.68 Å². The molecular formula is C10H15BNO4S. The Morgan fingerprint density at radius 3 is 2.41 bits per heavy atom. The van der Waals surface area contributed by atoms with Crippen LogP contribution in [0.2, 0.25) is 0 Å². The topological polar surface area (TPSA) is 75.6 Å². The van der Waals surface area contributed by atoms with Crippen LogP contribution in [0, 0.1) is 0 Å². The minimum atomic E-state index is -3.68. The molecule has 1 aromatic rings. The Labute approximate surface area is 102 Å². The fourth-order valence-electron chi connectivity index (χ4n) is 1.28. The van der Waals surface area contributed by atoms with Gasteiger partial charge in [-0.05, 0) is 32.9 Å². The van der Waals surface area contributed by atoms with Gasteiger partial charge < -0.3 is 9.68 Å². The monoisotopic (exact) mass is 256 g/mol. The summed E-state index contributed by atoms with van der Waals surface area (Å²) in [7, 11) is -3.23. The second-order valence-electron chi connectivity index (χ2n) is 4.53. The molecule has 0 aliphatic rings. The van der Waals surface area contributed by atoms with Crippen molar-refractivity contribution in [1.82, 2.24) is 4.72 Å². The number of hydrogen-bond acceptors (Lipinski definition) is 4. The smallest absolute Gasteiger partial charge is 0.536 e. The molecule has 7 heteroatoms. The Morgan fingerprint density at radius 1 is 1.29 bits per heavy atom. The van der Waals surface area contributed by atoms with Crippen LogP contribution < -0.4 is 9.38 Å². The summed E-state index contributed by atoms with van der Waals surface area (Å²) in [5, 5.41) is 8.58. The first-order chi connectivity index (χ1) is 7.76. The first kappa shape index (κ1) is 14.0. The van der Waals surface area contributed by atoms with E-state index >= 15 is 0 Å². The van der Waals surface area contributed by atoms with Gasteiger partial charge in [-0.25, -0.2) is 13.1 Å². The fourth-order valence-corrected chi connectivity index (χ4v) is 2.84. The van der Waals surface area contributed by atoms with Gasteiger partial charge in [-0.3, -0.25) is 0 Å². The second kappa shape index (κ2) is 5.08. The Kier molecular flexibility index (Phi) is 4.18. The van der Waals surface area contributed by atoms with Crippen molar-refractivity contribution in [1.29, 1.82) is 0 Å². The molecule has 0 amide bonds. The van der Waals surface area contributed by atoms with E-state index in [0.717, 1.165) is 0 Å². The quantitative estimate of drug-likeness (QED) is 0.776. The predicted octanol–water partition coefficient (Wildman–Crippen LogP) is 0.669. The van der Waals surface area contributed by atoms with Crippen LogP contribution in [0.1, 0.15) is 20.8 Å². The van der Waals surface area contributed by atoms with Gasteiger partial charge in [-0.2, -0.15) is 0 Å². The van der Waals surface area contributed by atoms with Crippen LogP contribution in [-0.4, -0.2) is 26.7 Å². The Hall–Kier alpha value is -1.05. The molecule has 1 radical (unpaired) electrons. The number of nitrogens with one attached hydrogen (secondary N) is 1. The lowest BCUT2D eigenvalue weighted by Crippen LogP contribution is -2.40. The van der Waals surface area contributed by atoms with Gasteiger partial charge in [0.05, 0.1) is 0 Å². The molecule has 0 fully saturated rings. The molecule has 0 heterocycles. The highest BCUT2D eigenvalue weighted by Crippen LogP contribution is 2.23. The van der Waals surface area contributed by atoms with Gasteiger partial charge in [-0.1, -0.05) is 12.1 Å². The second-order valence-corrected chi connectivity index (χ2v) is 6.18. The largest absolute Gasteiger partial charge is 0.569 e. The summed E-state index contributed by atoms with van der Waals surface area (Å²) < 4.78 is 31.4. The number of benzene rings is 1. The van der Waals surface area contributed by atoms with Gasteiger partial charge in [0.2, 0.25) is 10.0 Å². The van der Waals surface area contributed by atoms with Crippen molar-refractivity contribution in [3.63, 3.8) is 0 Å². The molecule has 0 saturated carbocycles. The maximum Gasteiger partial charge on any atom is 0.569 e. The summed E-state index contributed by atoms with van der Waals surface area (Å²) in [6.45, 7) is 5.23. The maximum atomic E-state index is 12.1. The van der Waals surface area contributed by atoms with E-state index in [1.807, 2.05) is 0 Å². The molecule has 0 atom stereocenters. The predicted molar refractivity (Wildman–Crippen MR) is 65.1 cm³/mol. The fraction of sp³-hybridized carbons (Fsp3) is 0.400. The molecule has 0 aliphatic heterocycles. The Bertz CT molecular complexity index is 481. The van der Waals surface area contributed by atoms with E-state index in [0.29, 0.717) is 7.69 Å². The van der Waals surface area contributed by atoms with Crippen molar-refractivity contribution in [2.75, 3.05) is 0 Å². The molecule has 2 N–H and O–H groups in total. The lowest BCUT2D eigenvalue weighted by Gasteiger charge is -2.21. The SMILES string of the molecule is CC(C)(C)NS(=O)(=O)c1ccccc1O[B]O. The van der Waals surface area contributed by atoms with Crippen molar-refractivity contribution in [2.24, 2.45) is 0 Å². The molecule has 17 heavy (non-hydrogen) atoms. The molecule has 0 unspecified atom stereocenters. The molecule has 0 bridgehead atoms. The van der Waals surface area contributed by atoms with Crippen LogP contribution in [0.15, 0.2) is 29.2 Å². The van der Waals surface area contributed by atoms with Crippen LogP contribution in [0.25, 0.3) is 0 Å². The zero-order valence-electron chi connectivity index (χ0n) is 9.97. The highest BCUT2D eigenvalue weighted by Gasteiger charge is 2.24. The van der Waals surface area contributed by atoms with E-state index in [2.05, 4.69) is 4.72 Å². The zero-order chi connectivity index (χ0) is 13.1. The van der Waals surface area contributed by atoms with E-state index < -0.39 is 15.6 Å². The van der Waals surface area contributed by atoms with Crippen molar-refractivity contribution in [2.45, 2.75) is 31.2 Å². The Morgan fingerprint density at radius 2 is 1.88 bits per heavy atom. The third-order valence-electron chi connectivity index (χ3n) is 1.76. The van der Waals surface area contributed by atoms with Crippen molar-refractivity contribution in [3.8, 4) is 5.75 Å². The average Bonchev–Trinajstić information content (AvgIpc) is 2.15. The maximum absolute atomic E-state index is 12.1. The standard InChI is InChI=1S/C10H15BNO4S/c1-10(2,3)12-17(14,15)9-7-5-4-6-8(9)16-11-13/h4-7,12-13H,1-3H3. The number of para-hydroxylation sites is 1. The zero-order valence-corrected chi connectivity index (χ0v) is 10.8. The third-order valence-corrected chi connectivity index (χ3v) is 3.56. The summed E-state index contributed by atoms with van der Waals surface area (Å²) in [4.78, 5) is -0.0137. The van der Waals surface area contributed by atoms with E-state index in [9.17, 15) is 8.42 Å². The van der Waals surface area contributed by atoms with Gasteiger partial charge in [-0.15, -0.1) is 0 Å². The number of hydrogen-bond donors (Lipinski definition) is 2. The van der Waals surface area contributed by atoms with Crippen molar-refractivity contribution >= 4 is 17.7 Å². The van der Waals surface area contributed by atoms with Crippen LogP contribution >= 0.6 is 0 Å². The van der Waals surface area contributed by atoms with Crippen LogP contribution in [-0.2, 0) is 10.0 Å². The van der Waals surface area contributed by atoms with Crippen molar-refractivity contribution < 1.29 is 18.1 Å². The van der Waals surface area contributed by atoms with E-state index in [1.54, 1.807) is 32.9 Å². The number of rotatable bonds is 4. The van der Waals surface area contributed by atoms with Gasteiger partial charge >= 0.3 is 7.69 Å². The lowest BCUT2D eigenvalue weighted by atomic mass is 10.1. The normalized spacial score (nSPS) is 12.2. The van der Waals surface area contributed by atoms with Crippen molar-refractivity contribution in [3.05, 3.63) is 24.3 Å². The average molecular weight is 256 g/mol. The van der Waals surface area contributed by atoms with Gasteiger partial charge in [0.15, 0.2) is 0 Å². The summed E-state index contributed by atoms with van der Waals surface area (Å²) in [5.74, 6) is 0.0757. The van der Waals surface area contributed by atoms with Gasteiger partial charge in [0, 0.05) is 5.54 Å². The number of sulfonamides is 1. The summed E-state index contributed by atoms with van der Waals surface area (Å²) in [6.07, 6.45) is 0. The van der Waals surface area contributed by atoms with Crippen LogP contribution in [0.3, 0.4) is 0 Å². The molecule has 1 rings (SSSR count). The molecule has 1 aromatic carbocycles. The molecular weight excluding hydrogens is 241 g/mol. The summed E-state index contributed by atoms with van der Waals surface area (Å²) >= 11 is 0. The molecule has 0 saturated heterocycles. The first-order valence-electron chi connectivity index (χ1n) is 5.02. The molecule has 0 aliphatic carbocycles. The highest BCUT2D eigenvalue weighted by atomic mass is 32.2. The third kappa shape index (κ3) is 4.03. The highest BCUT2D eigenvalue weighted by molar-refractivity contribution is 7.89. The minimum absolute atomic E-state index is 0.0137. The van der Waals surface area contributed by atoms with Crippen LogP contribution in [0.4, 0.5) is 0 Å². The molecule has 0 spiro atoms. The first-order valence-corrected chi connectivity index (χ1v) is 6.50. The lowest BCUT2D eigenvalue weighted by molar-refractivity contribution is 0.444. The van der Waals surface area contributed by atoms with Gasteiger partial charge in [0.25, 0.3) is 0 Å². The molecule has 5 nitrogen and oxygen atoms in total. The molecule has 93 valence electrons.